The van der Waals surface area contributed by atoms with Crippen LogP contribution in [0.1, 0.15) is 24.3 Å². The summed E-state index contributed by atoms with van der Waals surface area (Å²) >= 11 is 0. The molecule has 6 heteroatoms. The van der Waals surface area contributed by atoms with E-state index in [0.29, 0.717) is 24.4 Å². The minimum absolute atomic E-state index is 0.00227. The second-order valence-electron chi connectivity index (χ2n) is 4.66. The Kier molecular flexibility index (Phi) is 2.94. The highest BCUT2D eigenvalue weighted by Crippen LogP contribution is 2.35. The average molecular weight is 264 g/mol. The van der Waals surface area contributed by atoms with Crippen molar-refractivity contribution in [2.24, 2.45) is 0 Å². The summed E-state index contributed by atoms with van der Waals surface area (Å²) in [7, 11) is 0. The highest BCUT2D eigenvalue weighted by molar-refractivity contribution is 6.04. The summed E-state index contributed by atoms with van der Waals surface area (Å²) in [6.45, 7) is 1.07. The van der Waals surface area contributed by atoms with Crippen LogP contribution in [0.5, 0.6) is 0 Å². The lowest BCUT2D eigenvalue weighted by molar-refractivity contribution is -0.169. The predicted octanol–water partition coefficient (Wildman–Crippen LogP) is 1.42. The fraction of sp³-hybridized carbons (Fsp3) is 0.385. The summed E-state index contributed by atoms with van der Waals surface area (Å²) in [4.78, 5) is 29.0. The Morgan fingerprint density at radius 2 is 2.37 bits per heavy atom. The van der Waals surface area contributed by atoms with Crippen LogP contribution in [0.2, 0.25) is 0 Å². The van der Waals surface area contributed by atoms with Crippen molar-refractivity contribution in [1.29, 1.82) is 0 Å². The first-order chi connectivity index (χ1) is 9.15. The van der Waals surface area contributed by atoms with Crippen molar-refractivity contribution in [1.82, 2.24) is 5.06 Å². The molecule has 2 amide bonds. The molecule has 1 aromatic carbocycles. The zero-order valence-electron chi connectivity index (χ0n) is 10.2. The molecular formula is C13H13FN2O3. The van der Waals surface area contributed by atoms with Crippen LogP contribution in [0.15, 0.2) is 18.2 Å². The monoisotopic (exact) mass is 264 g/mol. The molecule has 3 rings (SSSR count). The van der Waals surface area contributed by atoms with Crippen molar-refractivity contribution in [3.05, 3.63) is 29.6 Å². The summed E-state index contributed by atoms with van der Waals surface area (Å²) in [6, 6.07) is 4.10. The van der Waals surface area contributed by atoms with Crippen molar-refractivity contribution in [3.8, 4) is 0 Å². The Morgan fingerprint density at radius 1 is 1.53 bits per heavy atom. The van der Waals surface area contributed by atoms with Crippen LogP contribution >= 0.6 is 0 Å². The number of carbonyl (C=O) groups excluding carboxylic acids is 2. The summed E-state index contributed by atoms with van der Waals surface area (Å²) in [6.07, 6.45) is 0.802. The van der Waals surface area contributed by atoms with Crippen molar-refractivity contribution in [3.63, 3.8) is 0 Å². The van der Waals surface area contributed by atoms with Gasteiger partial charge in [-0.05, 0) is 30.2 Å². The molecule has 2 heterocycles. The fourth-order valence-electron chi connectivity index (χ4n) is 2.42. The number of hydroxylamine groups is 2. The Balaban J connectivity index is 1.80. The highest BCUT2D eigenvalue weighted by atomic mass is 19.1. The number of fused-ring (bicyclic) bond motifs is 1. The number of rotatable bonds is 2. The molecule has 2 aliphatic rings. The molecule has 1 N–H and O–H groups in total. The Morgan fingerprint density at radius 3 is 3.11 bits per heavy atom. The first kappa shape index (κ1) is 12.1. The van der Waals surface area contributed by atoms with Gasteiger partial charge in [0.25, 0.3) is 0 Å². The molecule has 19 heavy (non-hydrogen) atoms. The fourth-order valence-corrected chi connectivity index (χ4v) is 2.42. The largest absolute Gasteiger partial charge is 0.325 e. The lowest BCUT2D eigenvalue weighted by Gasteiger charge is -2.16. The SMILES string of the molecule is O=C1Nc2ccc(F)cc2[C@@H]1CC(=O)N1CCCO1. The number of carbonyl (C=O) groups is 2. The van der Waals surface area contributed by atoms with Gasteiger partial charge in [-0.2, -0.15) is 0 Å². The van der Waals surface area contributed by atoms with Crippen LogP contribution in [0.3, 0.4) is 0 Å². The lowest BCUT2D eigenvalue weighted by atomic mass is 9.97. The molecule has 0 spiro atoms. The van der Waals surface area contributed by atoms with E-state index in [2.05, 4.69) is 5.32 Å². The van der Waals surface area contributed by atoms with E-state index in [1.165, 1.54) is 23.3 Å². The zero-order chi connectivity index (χ0) is 13.4. The van der Waals surface area contributed by atoms with E-state index in [1.54, 1.807) is 0 Å². The van der Waals surface area contributed by atoms with E-state index in [4.69, 9.17) is 4.84 Å². The van der Waals surface area contributed by atoms with Crippen LogP contribution in [0, 0.1) is 5.82 Å². The van der Waals surface area contributed by atoms with E-state index in [0.717, 1.165) is 6.42 Å². The molecule has 0 aromatic heterocycles. The van der Waals surface area contributed by atoms with Gasteiger partial charge in [0, 0.05) is 12.1 Å². The van der Waals surface area contributed by atoms with Gasteiger partial charge in [0.1, 0.15) is 5.82 Å². The van der Waals surface area contributed by atoms with Crippen molar-refractivity contribution in [2.45, 2.75) is 18.8 Å². The van der Waals surface area contributed by atoms with Crippen LogP contribution < -0.4 is 5.32 Å². The van der Waals surface area contributed by atoms with Gasteiger partial charge in [0.15, 0.2) is 0 Å². The Hall–Kier alpha value is -1.95. The third kappa shape index (κ3) is 2.19. The van der Waals surface area contributed by atoms with Crippen molar-refractivity contribution < 1.29 is 18.8 Å². The number of nitrogens with one attached hydrogen (secondary N) is 1. The third-order valence-electron chi connectivity index (χ3n) is 3.37. The number of anilines is 1. The first-order valence-corrected chi connectivity index (χ1v) is 6.19. The van der Waals surface area contributed by atoms with Crippen LogP contribution in [-0.2, 0) is 14.4 Å². The summed E-state index contributed by atoms with van der Waals surface area (Å²) < 4.78 is 13.2. The molecule has 100 valence electrons. The van der Waals surface area contributed by atoms with Gasteiger partial charge in [-0.15, -0.1) is 0 Å². The molecule has 1 saturated heterocycles. The molecule has 1 atom stereocenters. The molecule has 0 unspecified atom stereocenters. The maximum atomic E-state index is 13.2. The molecule has 0 aliphatic carbocycles. The maximum Gasteiger partial charge on any atom is 0.247 e. The number of amides is 2. The topological polar surface area (TPSA) is 58.6 Å². The Labute approximate surface area is 109 Å². The summed E-state index contributed by atoms with van der Waals surface area (Å²) in [5.74, 6) is -1.56. The second-order valence-corrected chi connectivity index (χ2v) is 4.66. The van der Waals surface area contributed by atoms with E-state index < -0.39 is 11.7 Å². The van der Waals surface area contributed by atoms with Crippen LogP contribution in [-0.4, -0.2) is 30.0 Å². The molecule has 0 saturated carbocycles. The quantitative estimate of drug-likeness (QED) is 0.878. The molecule has 1 fully saturated rings. The molecule has 0 bridgehead atoms. The van der Waals surface area contributed by atoms with E-state index in [9.17, 15) is 14.0 Å². The van der Waals surface area contributed by atoms with E-state index >= 15 is 0 Å². The first-order valence-electron chi connectivity index (χ1n) is 6.19. The summed E-state index contributed by atoms with van der Waals surface area (Å²) in [5.41, 5.74) is 1.11. The third-order valence-corrected chi connectivity index (χ3v) is 3.37. The second kappa shape index (κ2) is 4.62. The van der Waals surface area contributed by atoms with Crippen molar-refractivity contribution >= 4 is 17.5 Å². The average Bonchev–Trinajstić information content (AvgIpc) is 2.99. The predicted molar refractivity (Wildman–Crippen MR) is 64.7 cm³/mol. The number of benzene rings is 1. The standard InChI is InChI=1S/C13H13FN2O3/c14-8-2-3-11-9(6-8)10(13(18)15-11)7-12(17)16-4-1-5-19-16/h2-3,6,10H,1,4-5,7H2,(H,15,18)/t10-/m0/s1. The molecular weight excluding hydrogens is 251 g/mol. The Bertz CT molecular complexity index is 541. The van der Waals surface area contributed by atoms with Gasteiger partial charge in [-0.25, -0.2) is 9.45 Å². The zero-order valence-corrected chi connectivity index (χ0v) is 10.2. The maximum absolute atomic E-state index is 13.2. The van der Waals surface area contributed by atoms with Gasteiger partial charge < -0.3 is 5.32 Å². The smallest absolute Gasteiger partial charge is 0.247 e. The minimum Gasteiger partial charge on any atom is -0.325 e. The normalized spacial score (nSPS) is 21.4. The van der Waals surface area contributed by atoms with Gasteiger partial charge in [-0.1, -0.05) is 0 Å². The van der Waals surface area contributed by atoms with Crippen LogP contribution in [0.4, 0.5) is 10.1 Å². The van der Waals surface area contributed by atoms with Gasteiger partial charge in [-0.3, -0.25) is 14.4 Å². The molecule has 0 radical (unpaired) electrons. The molecule has 2 aliphatic heterocycles. The number of nitrogens with zero attached hydrogens (tertiary/aromatic N) is 1. The van der Waals surface area contributed by atoms with Gasteiger partial charge >= 0.3 is 0 Å². The van der Waals surface area contributed by atoms with E-state index in [-0.39, 0.29) is 18.2 Å². The van der Waals surface area contributed by atoms with Crippen molar-refractivity contribution in [2.75, 3.05) is 18.5 Å². The van der Waals surface area contributed by atoms with Crippen LogP contribution in [0.25, 0.3) is 0 Å². The summed E-state index contributed by atoms with van der Waals surface area (Å²) in [5, 5.41) is 3.94. The lowest BCUT2D eigenvalue weighted by Crippen LogP contribution is -2.29. The number of halogens is 1. The van der Waals surface area contributed by atoms with Gasteiger partial charge in [0.05, 0.1) is 19.1 Å². The number of hydrogen-bond acceptors (Lipinski definition) is 3. The van der Waals surface area contributed by atoms with Gasteiger partial charge in [0.2, 0.25) is 11.8 Å². The minimum atomic E-state index is -0.637. The van der Waals surface area contributed by atoms with E-state index in [1.807, 2.05) is 0 Å². The molecule has 5 nitrogen and oxygen atoms in total. The number of hydrogen-bond donors (Lipinski definition) is 1. The molecule has 1 aromatic rings. The highest BCUT2D eigenvalue weighted by Gasteiger charge is 2.34.